The van der Waals surface area contributed by atoms with Crippen molar-refractivity contribution in [3.05, 3.63) is 35.4 Å². The minimum Gasteiger partial charge on any atom is -0.367 e. The number of allylic oxidation sites excluding steroid dienone is 1. The van der Waals surface area contributed by atoms with Gasteiger partial charge < -0.3 is 5.32 Å². The van der Waals surface area contributed by atoms with Crippen molar-refractivity contribution in [1.82, 2.24) is 0 Å². The van der Waals surface area contributed by atoms with E-state index in [-0.39, 0.29) is 5.57 Å². The van der Waals surface area contributed by atoms with Crippen molar-refractivity contribution in [2.24, 2.45) is 0 Å². The highest BCUT2D eigenvalue weighted by Gasteiger charge is 2.33. The molecular formula is C14H10N4. The number of nitrogens with one attached hydrogen (secondary N) is 1. The van der Waals surface area contributed by atoms with Gasteiger partial charge >= 0.3 is 0 Å². The molecule has 0 bridgehead atoms. The number of nitriles is 3. The first kappa shape index (κ1) is 11.7. The summed E-state index contributed by atoms with van der Waals surface area (Å²) in [5.41, 5.74) is 1.53. The van der Waals surface area contributed by atoms with E-state index in [2.05, 4.69) is 11.4 Å². The lowest BCUT2D eigenvalue weighted by Gasteiger charge is -2.32. The molecule has 0 amide bonds. The average molecular weight is 234 g/mol. The Morgan fingerprint density at radius 2 is 1.89 bits per heavy atom. The lowest BCUT2D eigenvalue weighted by Crippen LogP contribution is -2.36. The summed E-state index contributed by atoms with van der Waals surface area (Å²) in [7, 11) is 0. The molecule has 0 radical (unpaired) electrons. The maximum Gasteiger partial charge on any atom is 0.133 e. The molecule has 4 nitrogen and oxygen atoms in total. The van der Waals surface area contributed by atoms with E-state index < -0.39 is 5.54 Å². The summed E-state index contributed by atoms with van der Waals surface area (Å²) in [6, 6.07) is 13.4. The second-order valence-corrected chi connectivity index (χ2v) is 4.37. The quantitative estimate of drug-likeness (QED) is 0.699. The maximum absolute atomic E-state index is 9.22. The molecule has 4 heteroatoms. The van der Waals surface area contributed by atoms with Crippen LogP contribution in [0, 0.1) is 34.0 Å². The molecule has 2 rings (SSSR count). The predicted octanol–water partition coefficient (Wildman–Crippen LogP) is 2.59. The average Bonchev–Trinajstić information content (AvgIpc) is 2.40. The number of hydrogen-bond donors (Lipinski definition) is 1. The van der Waals surface area contributed by atoms with Crippen LogP contribution in [0.3, 0.4) is 0 Å². The van der Waals surface area contributed by atoms with Gasteiger partial charge in [0.15, 0.2) is 0 Å². The van der Waals surface area contributed by atoms with E-state index in [9.17, 15) is 5.26 Å². The van der Waals surface area contributed by atoms with Crippen molar-refractivity contribution in [1.29, 1.82) is 15.8 Å². The second kappa shape index (κ2) is 4.24. The number of para-hydroxylation sites is 1. The van der Waals surface area contributed by atoms with Crippen LogP contribution in [-0.4, -0.2) is 5.54 Å². The molecule has 1 aliphatic rings. The molecular weight excluding hydrogens is 224 g/mol. The number of rotatable bonds is 0. The lowest BCUT2D eigenvalue weighted by atomic mass is 9.83. The van der Waals surface area contributed by atoms with Crippen LogP contribution in [-0.2, 0) is 0 Å². The first-order chi connectivity index (χ1) is 8.63. The Balaban J connectivity index is 2.71. The topological polar surface area (TPSA) is 83.4 Å². The third-order valence-corrected chi connectivity index (χ3v) is 2.97. The lowest BCUT2D eigenvalue weighted by molar-refractivity contribution is 0.659. The van der Waals surface area contributed by atoms with E-state index in [1.54, 1.807) is 6.92 Å². The zero-order chi connectivity index (χ0) is 13.2. The van der Waals surface area contributed by atoms with E-state index >= 15 is 0 Å². The van der Waals surface area contributed by atoms with Gasteiger partial charge in [-0.25, -0.2) is 0 Å². The zero-order valence-electron chi connectivity index (χ0n) is 9.86. The molecule has 1 aromatic carbocycles. The molecule has 1 atom stereocenters. The highest BCUT2D eigenvalue weighted by atomic mass is 15.0. The van der Waals surface area contributed by atoms with Crippen molar-refractivity contribution in [3.63, 3.8) is 0 Å². The van der Waals surface area contributed by atoms with Crippen LogP contribution in [0.25, 0.3) is 5.57 Å². The number of fused-ring (bicyclic) bond motifs is 1. The second-order valence-electron chi connectivity index (χ2n) is 4.37. The Kier molecular flexibility index (Phi) is 2.76. The van der Waals surface area contributed by atoms with Crippen LogP contribution < -0.4 is 5.32 Å². The Labute approximate surface area is 105 Å². The van der Waals surface area contributed by atoms with Gasteiger partial charge in [0.2, 0.25) is 0 Å². The monoisotopic (exact) mass is 234 g/mol. The molecule has 0 spiro atoms. The summed E-state index contributed by atoms with van der Waals surface area (Å²) in [6.45, 7) is 1.76. The molecule has 86 valence electrons. The van der Waals surface area contributed by atoms with Gasteiger partial charge in [-0.15, -0.1) is 0 Å². The Bertz CT molecular complexity index is 636. The fourth-order valence-corrected chi connectivity index (χ4v) is 2.10. The molecule has 1 heterocycles. The predicted molar refractivity (Wildman–Crippen MR) is 66.8 cm³/mol. The van der Waals surface area contributed by atoms with Gasteiger partial charge in [-0.05, 0) is 18.6 Å². The smallest absolute Gasteiger partial charge is 0.133 e. The number of hydrogen-bond acceptors (Lipinski definition) is 4. The van der Waals surface area contributed by atoms with E-state index in [0.29, 0.717) is 12.0 Å². The molecule has 0 aromatic heterocycles. The summed E-state index contributed by atoms with van der Waals surface area (Å²) in [5.74, 6) is 0. The molecule has 18 heavy (non-hydrogen) atoms. The first-order valence-corrected chi connectivity index (χ1v) is 5.46. The Morgan fingerprint density at radius 1 is 1.22 bits per heavy atom. The summed E-state index contributed by atoms with van der Waals surface area (Å²) in [6.07, 6.45) is 0.344. The summed E-state index contributed by atoms with van der Waals surface area (Å²) >= 11 is 0. The standard InChI is InChI=1S/C14H10N4/c1-14(9-17)6-12(10(7-15)8-16)11-4-2-3-5-13(11)18-14/h2-5,18H,6H2,1H3. The van der Waals surface area contributed by atoms with Crippen molar-refractivity contribution in [3.8, 4) is 18.2 Å². The molecule has 1 N–H and O–H groups in total. The Morgan fingerprint density at radius 3 is 2.50 bits per heavy atom. The molecule has 0 aliphatic carbocycles. The largest absolute Gasteiger partial charge is 0.367 e. The van der Waals surface area contributed by atoms with E-state index in [0.717, 1.165) is 11.3 Å². The van der Waals surface area contributed by atoms with Crippen LogP contribution in [0.1, 0.15) is 18.9 Å². The third kappa shape index (κ3) is 1.79. The van der Waals surface area contributed by atoms with Gasteiger partial charge in [0.05, 0.1) is 6.07 Å². The number of anilines is 1. The number of nitrogens with zero attached hydrogens (tertiary/aromatic N) is 3. The minimum absolute atomic E-state index is 0.0745. The third-order valence-electron chi connectivity index (χ3n) is 2.97. The summed E-state index contributed by atoms with van der Waals surface area (Å²) in [5, 5.41) is 30.4. The Hall–Kier alpha value is -2.77. The van der Waals surface area contributed by atoms with Crippen molar-refractivity contribution < 1.29 is 0 Å². The summed E-state index contributed by atoms with van der Waals surface area (Å²) in [4.78, 5) is 0. The van der Waals surface area contributed by atoms with Gasteiger partial charge in [0.1, 0.15) is 23.3 Å². The van der Waals surface area contributed by atoms with Crippen LogP contribution in [0.4, 0.5) is 5.69 Å². The van der Waals surface area contributed by atoms with Gasteiger partial charge in [0.25, 0.3) is 0 Å². The maximum atomic E-state index is 9.22. The SMILES string of the molecule is CC1(C#N)CC(=C(C#N)C#N)c2ccccc2N1. The van der Waals surface area contributed by atoms with Crippen molar-refractivity contribution >= 4 is 11.3 Å². The van der Waals surface area contributed by atoms with Gasteiger partial charge in [-0.2, -0.15) is 15.8 Å². The first-order valence-electron chi connectivity index (χ1n) is 5.46. The molecule has 1 aromatic rings. The van der Waals surface area contributed by atoms with Crippen molar-refractivity contribution in [2.75, 3.05) is 5.32 Å². The highest BCUT2D eigenvalue weighted by Crippen LogP contribution is 2.39. The highest BCUT2D eigenvalue weighted by molar-refractivity contribution is 5.86. The van der Waals surface area contributed by atoms with Crippen LogP contribution in [0.5, 0.6) is 0 Å². The van der Waals surface area contributed by atoms with Gasteiger partial charge in [0, 0.05) is 17.7 Å². The van der Waals surface area contributed by atoms with Crippen LogP contribution >= 0.6 is 0 Å². The van der Waals surface area contributed by atoms with Gasteiger partial charge in [-0.1, -0.05) is 18.2 Å². The number of benzene rings is 1. The molecule has 1 unspecified atom stereocenters. The van der Waals surface area contributed by atoms with Crippen LogP contribution in [0.2, 0.25) is 0 Å². The summed E-state index contributed by atoms with van der Waals surface area (Å²) < 4.78 is 0. The molecule has 0 fully saturated rings. The van der Waals surface area contributed by atoms with Gasteiger partial charge in [-0.3, -0.25) is 0 Å². The molecule has 0 saturated carbocycles. The van der Waals surface area contributed by atoms with Crippen LogP contribution in [0.15, 0.2) is 29.8 Å². The van der Waals surface area contributed by atoms with E-state index in [1.165, 1.54) is 0 Å². The minimum atomic E-state index is -0.789. The fourth-order valence-electron chi connectivity index (χ4n) is 2.10. The zero-order valence-corrected chi connectivity index (χ0v) is 9.86. The van der Waals surface area contributed by atoms with Crippen molar-refractivity contribution in [2.45, 2.75) is 18.9 Å². The fraction of sp³-hybridized carbons (Fsp3) is 0.214. The van der Waals surface area contributed by atoms with E-state index in [4.69, 9.17) is 10.5 Å². The molecule has 1 aliphatic heterocycles. The molecule has 0 saturated heterocycles. The normalized spacial score (nSPS) is 20.7. The van der Waals surface area contributed by atoms with E-state index in [1.807, 2.05) is 36.4 Å².